The summed E-state index contributed by atoms with van der Waals surface area (Å²) in [6.45, 7) is 0.799. The van der Waals surface area contributed by atoms with Crippen LogP contribution in [0.5, 0.6) is 0 Å². The van der Waals surface area contributed by atoms with Gasteiger partial charge in [-0.15, -0.1) is 0 Å². The maximum Gasteiger partial charge on any atom is 0.236 e. The lowest BCUT2D eigenvalue weighted by Gasteiger charge is -2.25. The number of thiol groups is 1. The van der Waals surface area contributed by atoms with Crippen molar-refractivity contribution in [3.8, 4) is 0 Å². The van der Waals surface area contributed by atoms with E-state index in [1.165, 1.54) is 0 Å². The summed E-state index contributed by atoms with van der Waals surface area (Å²) in [4.78, 5) is 14.0. The summed E-state index contributed by atoms with van der Waals surface area (Å²) in [6, 6.07) is 9.89. The number of carbonyl (C=O) groups excluding carboxylic acids is 1. The van der Waals surface area contributed by atoms with Gasteiger partial charge in [0.2, 0.25) is 5.91 Å². The molecule has 18 heavy (non-hydrogen) atoms. The van der Waals surface area contributed by atoms with Crippen LogP contribution in [0.25, 0.3) is 0 Å². The van der Waals surface area contributed by atoms with Gasteiger partial charge >= 0.3 is 0 Å². The van der Waals surface area contributed by atoms with E-state index in [-0.39, 0.29) is 23.8 Å². The van der Waals surface area contributed by atoms with Gasteiger partial charge < -0.3 is 10.0 Å². The first-order valence-corrected chi connectivity index (χ1v) is 6.87. The minimum atomic E-state index is -0.320. The van der Waals surface area contributed by atoms with Gasteiger partial charge in [0.05, 0.1) is 17.9 Å². The highest BCUT2D eigenvalue weighted by atomic mass is 32.1. The van der Waals surface area contributed by atoms with Crippen molar-refractivity contribution in [3.05, 3.63) is 35.9 Å². The van der Waals surface area contributed by atoms with E-state index >= 15 is 0 Å². The molecule has 0 bridgehead atoms. The van der Waals surface area contributed by atoms with Crippen LogP contribution < -0.4 is 0 Å². The van der Waals surface area contributed by atoms with Gasteiger partial charge in [0.15, 0.2) is 0 Å². The molecule has 1 N–H and O–H groups in total. The first kappa shape index (κ1) is 13.4. The first-order chi connectivity index (χ1) is 8.72. The quantitative estimate of drug-likeness (QED) is 0.810. The number of likely N-dealkylation sites (tertiary alicyclic amines) is 1. The van der Waals surface area contributed by atoms with Gasteiger partial charge in [-0.05, 0) is 24.8 Å². The minimum absolute atomic E-state index is 0.0112. The predicted molar refractivity (Wildman–Crippen MR) is 74.7 cm³/mol. The summed E-state index contributed by atoms with van der Waals surface area (Å²) < 4.78 is 0. The van der Waals surface area contributed by atoms with E-state index in [2.05, 4.69) is 12.6 Å². The Morgan fingerprint density at radius 2 is 2.17 bits per heavy atom. The Bertz CT molecular complexity index is 396. The molecule has 1 fully saturated rings. The second kappa shape index (κ2) is 6.25. The van der Waals surface area contributed by atoms with Gasteiger partial charge in [-0.1, -0.05) is 30.3 Å². The lowest BCUT2D eigenvalue weighted by atomic mass is 10.1. The van der Waals surface area contributed by atoms with Crippen molar-refractivity contribution >= 4 is 18.5 Å². The van der Waals surface area contributed by atoms with E-state index in [0.29, 0.717) is 6.42 Å². The zero-order chi connectivity index (χ0) is 13.0. The third-order valence-electron chi connectivity index (χ3n) is 3.43. The molecule has 4 heteroatoms. The van der Waals surface area contributed by atoms with Gasteiger partial charge in [0, 0.05) is 6.54 Å². The van der Waals surface area contributed by atoms with Crippen molar-refractivity contribution in [1.82, 2.24) is 4.90 Å². The molecular formula is C14H19NO2S. The standard InChI is InChI=1S/C14H19NO2S/c16-10-12-7-4-8-15(12)14(17)13(18)9-11-5-2-1-3-6-11/h1-3,5-6,12-13,16,18H,4,7-10H2. The van der Waals surface area contributed by atoms with E-state index in [1.807, 2.05) is 30.3 Å². The molecule has 2 unspecified atom stereocenters. The van der Waals surface area contributed by atoms with Crippen molar-refractivity contribution in [2.45, 2.75) is 30.6 Å². The summed E-state index contributed by atoms with van der Waals surface area (Å²) in [5.74, 6) is 0.0405. The van der Waals surface area contributed by atoms with Crippen LogP contribution in [0.3, 0.4) is 0 Å². The van der Waals surface area contributed by atoms with Crippen LogP contribution in [-0.4, -0.2) is 40.4 Å². The topological polar surface area (TPSA) is 40.5 Å². The summed E-state index contributed by atoms with van der Waals surface area (Å²) in [7, 11) is 0. The third kappa shape index (κ3) is 3.06. The van der Waals surface area contributed by atoms with Gasteiger partial charge in [-0.3, -0.25) is 4.79 Å². The zero-order valence-corrected chi connectivity index (χ0v) is 11.2. The Labute approximate surface area is 113 Å². The Morgan fingerprint density at radius 3 is 2.83 bits per heavy atom. The molecule has 1 aromatic rings. The Morgan fingerprint density at radius 1 is 1.44 bits per heavy atom. The number of nitrogens with zero attached hydrogens (tertiary/aromatic N) is 1. The van der Waals surface area contributed by atoms with Crippen LogP contribution in [0.15, 0.2) is 30.3 Å². The Kier molecular flexibility index (Phi) is 4.66. The van der Waals surface area contributed by atoms with Gasteiger partial charge in [-0.2, -0.15) is 12.6 Å². The highest BCUT2D eigenvalue weighted by molar-refractivity contribution is 7.81. The molecule has 2 atom stereocenters. The second-order valence-electron chi connectivity index (χ2n) is 4.72. The van der Waals surface area contributed by atoms with E-state index in [4.69, 9.17) is 0 Å². The van der Waals surface area contributed by atoms with Crippen LogP contribution in [0.2, 0.25) is 0 Å². The van der Waals surface area contributed by atoms with E-state index < -0.39 is 0 Å². The fraction of sp³-hybridized carbons (Fsp3) is 0.500. The highest BCUT2D eigenvalue weighted by Crippen LogP contribution is 2.20. The molecule has 0 aliphatic carbocycles. The summed E-state index contributed by atoms with van der Waals surface area (Å²) >= 11 is 4.42. The van der Waals surface area contributed by atoms with Crippen molar-refractivity contribution in [2.24, 2.45) is 0 Å². The predicted octanol–water partition coefficient (Wildman–Crippen LogP) is 1.51. The van der Waals surface area contributed by atoms with Crippen LogP contribution >= 0.6 is 12.6 Å². The zero-order valence-electron chi connectivity index (χ0n) is 10.3. The van der Waals surface area contributed by atoms with Crippen molar-refractivity contribution < 1.29 is 9.90 Å². The van der Waals surface area contributed by atoms with Gasteiger partial charge in [0.25, 0.3) is 0 Å². The second-order valence-corrected chi connectivity index (χ2v) is 5.34. The molecule has 1 saturated heterocycles. The fourth-order valence-electron chi connectivity index (χ4n) is 2.43. The average Bonchev–Trinajstić information content (AvgIpc) is 2.87. The number of rotatable bonds is 4. The molecule has 98 valence electrons. The number of hydrogen-bond donors (Lipinski definition) is 2. The van der Waals surface area contributed by atoms with Crippen LogP contribution in [0, 0.1) is 0 Å². The van der Waals surface area contributed by atoms with Crippen molar-refractivity contribution in [2.75, 3.05) is 13.2 Å². The maximum absolute atomic E-state index is 12.3. The van der Waals surface area contributed by atoms with Gasteiger partial charge in [0.1, 0.15) is 0 Å². The molecule has 1 amide bonds. The largest absolute Gasteiger partial charge is 0.394 e. The van der Waals surface area contributed by atoms with E-state index in [9.17, 15) is 9.90 Å². The van der Waals surface area contributed by atoms with Gasteiger partial charge in [-0.25, -0.2) is 0 Å². The maximum atomic E-state index is 12.3. The molecule has 1 aliphatic rings. The van der Waals surface area contributed by atoms with Crippen LogP contribution in [0.1, 0.15) is 18.4 Å². The normalized spacial score (nSPS) is 21.0. The highest BCUT2D eigenvalue weighted by Gasteiger charge is 2.31. The monoisotopic (exact) mass is 265 g/mol. The van der Waals surface area contributed by atoms with Crippen molar-refractivity contribution in [1.29, 1.82) is 0 Å². The molecule has 0 spiro atoms. The average molecular weight is 265 g/mol. The number of benzene rings is 1. The number of amides is 1. The lowest BCUT2D eigenvalue weighted by Crippen LogP contribution is -2.42. The third-order valence-corrected chi connectivity index (χ3v) is 3.83. The molecule has 1 aliphatic heterocycles. The smallest absolute Gasteiger partial charge is 0.236 e. The van der Waals surface area contributed by atoms with Crippen LogP contribution in [-0.2, 0) is 11.2 Å². The van der Waals surface area contributed by atoms with Crippen LogP contribution in [0.4, 0.5) is 0 Å². The number of aliphatic hydroxyl groups is 1. The van der Waals surface area contributed by atoms with Crippen molar-refractivity contribution in [3.63, 3.8) is 0 Å². The Balaban J connectivity index is 1.96. The summed E-state index contributed by atoms with van der Waals surface area (Å²) in [5.41, 5.74) is 1.12. The molecule has 1 heterocycles. The number of aliphatic hydroxyl groups excluding tert-OH is 1. The van der Waals surface area contributed by atoms with E-state index in [1.54, 1.807) is 4.90 Å². The first-order valence-electron chi connectivity index (χ1n) is 6.35. The fourth-order valence-corrected chi connectivity index (χ4v) is 2.79. The number of hydrogen-bond acceptors (Lipinski definition) is 3. The molecule has 0 radical (unpaired) electrons. The lowest BCUT2D eigenvalue weighted by molar-refractivity contribution is -0.132. The van der Waals surface area contributed by atoms with E-state index in [0.717, 1.165) is 24.9 Å². The number of carbonyl (C=O) groups is 1. The molecular weight excluding hydrogens is 246 g/mol. The Hall–Kier alpha value is -1.00. The minimum Gasteiger partial charge on any atom is -0.394 e. The molecule has 2 rings (SSSR count). The molecule has 3 nitrogen and oxygen atoms in total. The summed E-state index contributed by atoms with van der Waals surface area (Å²) in [5, 5.41) is 8.92. The molecule has 0 saturated carbocycles. The molecule has 0 aromatic heterocycles. The SMILES string of the molecule is O=C(C(S)Cc1ccccc1)N1CCCC1CO. The molecule has 1 aromatic carbocycles. The summed E-state index contributed by atoms with van der Waals surface area (Å²) in [6.07, 6.45) is 2.51.